The zero-order valence-electron chi connectivity index (χ0n) is 12.9. The molecule has 2 aliphatic heterocycles. The van der Waals surface area contributed by atoms with Crippen LogP contribution in [0.2, 0.25) is 0 Å². The molecule has 3 rings (SSSR count). The van der Waals surface area contributed by atoms with E-state index in [-0.39, 0.29) is 23.4 Å². The molecular formula is C18H20FNO3. The average Bonchev–Trinajstić information content (AvgIpc) is 2.54. The van der Waals surface area contributed by atoms with E-state index in [1.807, 2.05) is 0 Å². The normalized spacial score (nSPS) is 23.2. The summed E-state index contributed by atoms with van der Waals surface area (Å²) in [6.07, 6.45) is 2.50. The van der Waals surface area contributed by atoms with E-state index in [9.17, 15) is 14.3 Å². The van der Waals surface area contributed by atoms with Crippen molar-refractivity contribution >= 4 is 5.91 Å². The SMILES string of the molecule is O=C(C#Cc1ccc(F)cc1)N1CCC2(CC1)CC(O)CCO2. The van der Waals surface area contributed by atoms with Gasteiger partial charge >= 0.3 is 0 Å². The minimum absolute atomic E-state index is 0.222. The molecule has 1 N–H and O–H groups in total. The zero-order chi connectivity index (χ0) is 16.3. The van der Waals surface area contributed by atoms with Crippen LogP contribution >= 0.6 is 0 Å². The summed E-state index contributed by atoms with van der Waals surface area (Å²) in [4.78, 5) is 13.9. The summed E-state index contributed by atoms with van der Waals surface area (Å²) in [7, 11) is 0. The second kappa shape index (κ2) is 6.69. The second-order valence-corrected chi connectivity index (χ2v) is 6.23. The van der Waals surface area contributed by atoms with Crippen molar-refractivity contribution in [2.24, 2.45) is 0 Å². The highest BCUT2D eigenvalue weighted by molar-refractivity contribution is 5.94. The van der Waals surface area contributed by atoms with Gasteiger partial charge in [-0.1, -0.05) is 5.92 Å². The Bertz CT molecular complexity index is 624. The van der Waals surface area contributed by atoms with Gasteiger partial charge in [0.25, 0.3) is 5.91 Å². The zero-order valence-corrected chi connectivity index (χ0v) is 12.9. The molecule has 1 spiro atoms. The standard InChI is InChI=1S/C18H20FNO3/c19-15-4-1-14(2-5-15)3-6-17(22)20-10-8-18(9-11-20)13-16(21)7-12-23-18/h1-2,4-5,16,21H,7-13H2. The van der Waals surface area contributed by atoms with E-state index < -0.39 is 0 Å². The van der Waals surface area contributed by atoms with Crippen LogP contribution in [0, 0.1) is 17.7 Å². The fourth-order valence-electron chi connectivity index (χ4n) is 3.21. The van der Waals surface area contributed by atoms with Gasteiger partial charge in [0.05, 0.1) is 11.7 Å². The van der Waals surface area contributed by atoms with Gasteiger partial charge in [-0.15, -0.1) is 0 Å². The lowest BCUT2D eigenvalue weighted by Crippen LogP contribution is -2.51. The van der Waals surface area contributed by atoms with Crippen molar-refractivity contribution in [1.82, 2.24) is 4.90 Å². The first-order valence-electron chi connectivity index (χ1n) is 7.95. The van der Waals surface area contributed by atoms with Crippen molar-refractivity contribution in [3.05, 3.63) is 35.6 Å². The fourth-order valence-corrected chi connectivity index (χ4v) is 3.21. The van der Waals surface area contributed by atoms with Crippen LogP contribution < -0.4 is 0 Å². The molecular weight excluding hydrogens is 297 g/mol. The summed E-state index contributed by atoms with van der Waals surface area (Å²) in [5.74, 6) is 4.84. The molecule has 0 radical (unpaired) electrons. The summed E-state index contributed by atoms with van der Waals surface area (Å²) >= 11 is 0. The van der Waals surface area contributed by atoms with Crippen molar-refractivity contribution in [3.8, 4) is 11.8 Å². The average molecular weight is 317 g/mol. The van der Waals surface area contributed by atoms with Crippen LogP contribution in [0.3, 0.4) is 0 Å². The lowest BCUT2D eigenvalue weighted by atomic mass is 9.83. The third-order valence-corrected chi connectivity index (χ3v) is 4.59. The number of likely N-dealkylation sites (tertiary alicyclic amines) is 1. The van der Waals surface area contributed by atoms with Gasteiger partial charge in [0, 0.05) is 37.6 Å². The number of hydrogen-bond donors (Lipinski definition) is 1. The smallest absolute Gasteiger partial charge is 0.298 e. The minimum atomic E-state index is -0.321. The number of rotatable bonds is 0. The Hall–Kier alpha value is -1.90. The largest absolute Gasteiger partial charge is 0.393 e. The molecule has 2 aliphatic rings. The van der Waals surface area contributed by atoms with Crippen LogP contribution in [-0.4, -0.2) is 47.3 Å². The van der Waals surface area contributed by atoms with E-state index in [1.54, 1.807) is 17.0 Å². The molecule has 23 heavy (non-hydrogen) atoms. The van der Waals surface area contributed by atoms with Gasteiger partial charge in [-0.25, -0.2) is 4.39 Å². The third kappa shape index (κ3) is 3.90. The van der Waals surface area contributed by atoms with Gasteiger partial charge < -0.3 is 14.7 Å². The molecule has 0 aliphatic carbocycles. The maximum absolute atomic E-state index is 12.8. The number of nitrogens with zero attached hydrogens (tertiary/aromatic N) is 1. The van der Waals surface area contributed by atoms with Gasteiger partial charge in [0.15, 0.2) is 0 Å². The Labute approximate surface area is 135 Å². The van der Waals surface area contributed by atoms with Gasteiger partial charge in [0.2, 0.25) is 0 Å². The molecule has 1 unspecified atom stereocenters. The molecule has 2 saturated heterocycles. The van der Waals surface area contributed by atoms with E-state index in [4.69, 9.17) is 4.74 Å². The Morgan fingerprint density at radius 3 is 2.65 bits per heavy atom. The van der Waals surface area contributed by atoms with Crippen molar-refractivity contribution in [1.29, 1.82) is 0 Å². The number of hydrogen-bond acceptors (Lipinski definition) is 3. The predicted molar refractivity (Wildman–Crippen MR) is 83.0 cm³/mol. The molecule has 122 valence electrons. The third-order valence-electron chi connectivity index (χ3n) is 4.59. The Kier molecular flexibility index (Phi) is 4.65. The molecule has 0 bridgehead atoms. The van der Waals surface area contributed by atoms with Crippen molar-refractivity contribution in [2.45, 2.75) is 37.4 Å². The van der Waals surface area contributed by atoms with E-state index >= 15 is 0 Å². The molecule has 1 atom stereocenters. The van der Waals surface area contributed by atoms with Gasteiger partial charge in [-0.2, -0.15) is 0 Å². The molecule has 0 saturated carbocycles. The molecule has 1 amide bonds. The van der Waals surface area contributed by atoms with E-state index in [1.165, 1.54) is 12.1 Å². The van der Waals surface area contributed by atoms with Crippen molar-refractivity contribution < 1.29 is 19.0 Å². The monoisotopic (exact) mass is 317 g/mol. The van der Waals surface area contributed by atoms with Crippen molar-refractivity contribution in [2.75, 3.05) is 19.7 Å². The van der Waals surface area contributed by atoms with Gasteiger partial charge in [0.1, 0.15) is 5.82 Å². The number of halogens is 1. The lowest BCUT2D eigenvalue weighted by Gasteiger charge is -2.44. The first-order chi connectivity index (χ1) is 11.1. The van der Waals surface area contributed by atoms with E-state index in [0.717, 1.165) is 12.8 Å². The topological polar surface area (TPSA) is 49.8 Å². The van der Waals surface area contributed by atoms with Crippen LogP contribution in [0.15, 0.2) is 24.3 Å². The first-order valence-corrected chi connectivity index (χ1v) is 7.95. The number of amides is 1. The summed E-state index contributed by atoms with van der Waals surface area (Å²) in [6, 6.07) is 5.76. The second-order valence-electron chi connectivity index (χ2n) is 6.23. The van der Waals surface area contributed by atoms with Gasteiger partial charge in [-0.3, -0.25) is 4.79 Å². The number of benzene rings is 1. The highest BCUT2D eigenvalue weighted by atomic mass is 19.1. The quantitative estimate of drug-likeness (QED) is 0.741. The summed E-state index contributed by atoms with van der Waals surface area (Å²) in [5, 5.41) is 9.82. The number of ether oxygens (including phenoxy) is 1. The predicted octanol–water partition coefficient (Wildman–Crippen LogP) is 1.71. The van der Waals surface area contributed by atoms with Crippen LogP contribution in [0.25, 0.3) is 0 Å². The summed E-state index contributed by atoms with van der Waals surface area (Å²) < 4.78 is 18.7. The number of carbonyl (C=O) groups is 1. The van der Waals surface area contributed by atoms with Crippen LogP contribution in [0.5, 0.6) is 0 Å². The van der Waals surface area contributed by atoms with Crippen LogP contribution in [0.1, 0.15) is 31.2 Å². The highest BCUT2D eigenvalue weighted by Gasteiger charge is 2.40. The molecule has 2 heterocycles. The van der Waals surface area contributed by atoms with Crippen molar-refractivity contribution in [3.63, 3.8) is 0 Å². The molecule has 0 aromatic heterocycles. The first kappa shape index (κ1) is 16.0. The minimum Gasteiger partial charge on any atom is -0.393 e. The molecule has 1 aromatic carbocycles. The molecule has 1 aromatic rings. The molecule has 4 nitrogen and oxygen atoms in total. The van der Waals surface area contributed by atoms with Crippen LogP contribution in [0.4, 0.5) is 4.39 Å². The number of aliphatic hydroxyl groups excluding tert-OH is 1. The van der Waals surface area contributed by atoms with Crippen LogP contribution in [-0.2, 0) is 9.53 Å². The van der Waals surface area contributed by atoms with E-state index in [2.05, 4.69) is 11.8 Å². The molecule has 5 heteroatoms. The lowest BCUT2D eigenvalue weighted by molar-refractivity contribution is -0.150. The van der Waals surface area contributed by atoms with E-state index in [0.29, 0.717) is 38.1 Å². The highest BCUT2D eigenvalue weighted by Crippen LogP contribution is 2.34. The molecule has 2 fully saturated rings. The number of piperidine rings is 1. The summed E-state index contributed by atoms with van der Waals surface area (Å²) in [6.45, 7) is 1.76. The maximum Gasteiger partial charge on any atom is 0.298 e. The summed E-state index contributed by atoms with van der Waals surface area (Å²) in [5.41, 5.74) is 0.339. The number of carbonyl (C=O) groups excluding carboxylic acids is 1. The Balaban J connectivity index is 1.57. The van der Waals surface area contributed by atoms with Gasteiger partial charge in [-0.05, 0) is 43.5 Å². The Morgan fingerprint density at radius 1 is 1.30 bits per heavy atom. The fraction of sp³-hybridized carbons (Fsp3) is 0.500. The maximum atomic E-state index is 12.8. The number of aliphatic hydroxyl groups is 1. The Morgan fingerprint density at radius 2 is 2.00 bits per heavy atom.